The van der Waals surface area contributed by atoms with Gasteiger partial charge in [0.2, 0.25) is 5.91 Å². The van der Waals surface area contributed by atoms with Crippen LogP contribution < -0.4 is 24.8 Å². The summed E-state index contributed by atoms with van der Waals surface area (Å²) in [5, 5.41) is 5.94. The van der Waals surface area contributed by atoms with Gasteiger partial charge in [-0.05, 0) is 49.1 Å². The summed E-state index contributed by atoms with van der Waals surface area (Å²) >= 11 is 0. The monoisotopic (exact) mass is 523 g/mol. The zero-order valence-electron chi connectivity index (χ0n) is 22.5. The van der Waals surface area contributed by atoms with Gasteiger partial charge in [-0.25, -0.2) is 0 Å². The number of likely N-dealkylation sites (tertiary alicyclic amines) is 1. The minimum atomic E-state index is -0.422. The van der Waals surface area contributed by atoms with Crippen LogP contribution in [0.5, 0.6) is 17.2 Å². The maximum Gasteiger partial charge on any atom is 0.258 e. The summed E-state index contributed by atoms with van der Waals surface area (Å²) in [4.78, 5) is 40.5. The Balaban J connectivity index is 1.64. The second-order valence-corrected chi connectivity index (χ2v) is 10.3. The summed E-state index contributed by atoms with van der Waals surface area (Å²) in [6.07, 6.45) is 1.52. The summed E-state index contributed by atoms with van der Waals surface area (Å²) in [5.74, 6) is 1.56. The third-order valence-corrected chi connectivity index (χ3v) is 6.99. The predicted octanol–water partition coefficient (Wildman–Crippen LogP) is 3.23. The van der Waals surface area contributed by atoms with Gasteiger partial charge in [-0.2, -0.15) is 0 Å². The lowest BCUT2D eigenvalue weighted by molar-refractivity contribution is -0.134. The van der Waals surface area contributed by atoms with Gasteiger partial charge in [-0.1, -0.05) is 19.9 Å². The molecule has 0 aliphatic carbocycles. The molecule has 38 heavy (non-hydrogen) atoms. The van der Waals surface area contributed by atoms with Crippen molar-refractivity contribution in [3.05, 3.63) is 53.1 Å². The van der Waals surface area contributed by atoms with Crippen LogP contribution in [-0.2, 0) is 16.1 Å². The highest BCUT2D eigenvalue weighted by Gasteiger charge is 2.34. The largest absolute Gasteiger partial charge is 0.496 e. The number of carbonyl (C=O) groups excluding carboxylic acids is 3. The Hall–Kier alpha value is -3.75. The number of nitrogens with one attached hydrogen (secondary N) is 2. The fourth-order valence-corrected chi connectivity index (χ4v) is 4.66. The molecule has 0 spiro atoms. The van der Waals surface area contributed by atoms with Crippen LogP contribution in [0.1, 0.15) is 54.6 Å². The average Bonchev–Trinajstić information content (AvgIpc) is 2.90. The lowest BCUT2D eigenvalue weighted by Gasteiger charge is -2.39. The normalized spacial score (nSPS) is 20.0. The minimum absolute atomic E-state index is 0.0870. The van der Waals surface area contributed by atoms with E-state index in [0.29, 0.717) is 54.7 Å². The van der Waals surface area contributed by atoms with Crippen molar-refractivity contribution in [3.63, 3.8) is 0 Å². The van der Waals surface area contributed by atoms with Crippen LogP contribution in [0.25, 0.3) is 0 Å². The van der Waals surface area contributed by atoms with Crippen molar-refractivity contribution in [2.75, 3.05) is 26.8 Å². The number of ether oxygens (including phenoxy) is 3. The smallest absolute Gasteiger partial charge is 0.258 e. The molecule has 4 bridgehead atoms. The molecule has 2 N–H and O–H groups in total. The summed E-state index contributed by atoms with van der Waals surface area (Å²) in [6, 6.07) is 10.2. The molecule has 0 aromatic heterocycles. The molecule has 3 aliphatic heterocycles. The van der Waals surface area contributed by atoms with E-state index in [1.807, 2.05) is 24.0 Å². The Morgan fingerprint density at radius 3 is 2.76 bits per heavy atom. The van der Waals surface area contributed by atoms with E-state index in [4.69, 9.17) is 14.2 Å². The molecule has 5 rings (SSSR count). The topological polar surface area (TPSA) is 106 Å². The van der Waals surface area contributed by atoms with Gasteiger partial charge in [-0.15, -0.1) is 0 Å². The number of hydrogen-bond acceptors (Lipinski definition) is 6. The molecule has 3 aliphatic rings. The van der Waals surface area contributed by atoms with Gasteiger partial charge in [0.15, 0.2) is 6.61 Å². The number of methoxy groups -OCH3 is 1. The molecule has 0 radical (unpaired) electrons. The summed E-state index contributed by atoms with van der Waals surface area (Å²) < 4.78 is 17.7. The number of fused-ring (bicyclic) bond motifs is 7. The Morgan fingerprint density at radius 1 is 1.18 bits per heavy atom. The Morgan fingerprint density at radius 2 is 2.00 bits per heavy atom. The fourth-order valence-electron chi connectivity index (χ4n) is 4.66. The Labute approximate surface area is 223 Å². The average molecular weight is 524 g/mol. The first-order chi connectivity index (χ1) is 18.2. The molecule has 2 atom stereocenters. The van der Waals surface area contributed by atoms with Gasteiger partial charge >= 0.3 is 0 Å². The van der Waals surface area contributed by atoms with Crippen LogP contribution in [-0.4, -0.2) is 61.6 Å². The molecule has 2 aromatic rings. The molecule has 2 aromatic carbocycles. The van der Waals surface area contributed by atoms with Crippen molar-refractivity contribution in [2.24, 2.45) is 5.92 Å². The zero-order chi connectivity index (χ0) is 27.2. The van der Waals surface area contributed by atoms with E-state index < -0.39 is 6.04 Å². The zero-order valence-corrected chi connectivity index (χ0v) is 22.5. The number of rotatable bonds is 4. The van der Waals surface area contributed by atoms with Gasteiger partial charge < -0.3 is 29.7 Å². The second kappa shape index (κ2) is 12.2. The van der Waals surface area contributed by atoms with Gasteiger partial charge in [0.05, 0.1) is 13.2 Å². The number of aryl methyl sites for hydroxylation is 1. The van der Waals surface area contributed by atoms with Gasteiger partial charge in [0, 0.05) is 49.7 Å². The van der Waals surface area contributed by atoms with E-state index in [9.17, 15) is 14.4 Å². The quantitative estimate of drug-likeness (QED) is 0.638. The molecular weight excluding hydrogens is 486 g/mol. The predicted molar refractivity (Wildman–Crippen MR) is 142 cm³/mol. The third kappa shape index (κ3) is 6.76. The van der Waals surface area contributed by atoms with Crippen molar-refractivity contribution >= 4 is 17.7 Å². The number of benzene rings is 2. The summed E-state index contributed by atoms with van der Waals surface area (Å²) in [5.41, 5.74) is 2.01. The van der Waals surface area contributed by atoms with Crippen LogP contribution >= 0.6 is 0 Å². The van der Waals surface area contributed by atoms with Gasteiger partial charge in [-0.3, -0.25) is 14.4 Å². The first-order valence-electron chi connectivity index (χ1n) is 13.2. The molecule has 1 fully saturated rings. The SMILES string of the molecule is COc1cc2ccc1CNC(=O)COc1cc(ccc1C)C(=O)N[C@H]1CN(C(=O)CCC(C)C)CC[C@H]1O2. The van der Waals surface area contributed by atoms with Crippen LogP contribution in [0, 0.1) is 12.8 Å². The van der Waals surface area contributed by atoms with Crippen LogP contribution in [0.4, 0.5) is 0 Å². The van der Waals surface area contributed by atoms with E-state index >= 15 is 0 Å². The van der Waals surface area contributed by atoms with E-state index in [2.05, 4.69) is 24.5 Å². The first kappa shape index (κ1) is 27.3. The minimum Gasteiger partial charge on any atom is -0.496 e. The Bertz CT molecular complexity index is 1180. The molecule has 204 valence electrons. The maximum absolute atomic E-state index is 13.3. The fraction of sp³-hybridized carbons (Fsp3) is 0.483. The summed E-state index contributed by atoms with van der Waals surface area (Å²) in [7, 11) is 1.57. The number of hydrogen-bond donors (Lipinski definition) is 2. The van der Waals surface area contributed by atoms with Crippen molar-refractivity contribution in [3.8, 4) is 17.2 Å². The number of nitrogens with zero attached hydrogens (tertiary/aromatic N) is 1. The van der Waals surface area contributed by atoms with Crippen molar-refractivity contribution < 1.29 is 28.6 Å². The molecule has 3 heterocycles. The van der Waals surface area contributed by atoms with Crippen molar-refractivity contribution in [2.45, 2.75) is 58.7 Å². The summed E-state index contributed by atoms with van der Waals surface area (Å²) in [6.45, 7) is 7.05. The molecular formula is C29H37N3O6. The molecule has 9 nitrogen and oxygen atoms in total. The number of amides is 3. The lowest BCUT2D eigenvalue weighted by Crippen LogP contribution is -2.58. The Kier molecular flexibility index (Phi) is 8.76. The van der Waals surface area contributed by atoms with E-state index in [-0.39, 0.29) is 37.0 Å². The highest BCUT2D eigenvalue weighted by Crippen LogP contribution is 2.28. The van der Waals surface area contributed by atoms with E-state index in [1.54, 1.807) is 31.4 Å². The molecule has 0 saturated carbocycles. The maximum atomic E-state index is 13.3. The second-order valence-electron chi connectivity index (χ2n) is 10.3. The van der Waals surface area contributed by atoms with Crippen molar-refractivity contribution in [1.82, 2.24) is 15.5 Å². The molecule has 0 unspecified atom stereocenters. The molecule has 3 amide bonds. The van der Waals surface area contributed by atoms with Crippen LogP contribution in [0.3, 0.4) is 0 Å². The van der Waals surface area contributed by atoms with E-state index in [0.717, 1.165) is 17.5 Å². The highest BCUT2D eigenvalue weighted by molar-refractivity contribution is 5.95. The number of piperidine rings is 1. The first-order valence-corrected chi connectivity index (χ1v) is 13.2. The lowest BCUT2D eigenvalue weighted by atomic mass is 9.99. The number of carbonyl (C=O) groups is 3. The molecule has 9 heteroatoms. The van der Waals surface area contributed by atoms with Crippen molar-refractivity contribution in [1.29, 1.82) is 0 Å². The van der Waals surface area contributed by atoms with Gasteiger partial charge in [0.1, 0.15) is 23.4 Å². The third-order valence-electron chi connectivity index (χ3n) is 6.99. The molecule has 1 saturated heterocycles. The highest BCUT2D eigenvalue weighted by atomic mass is 16.5. The van der Waals surface area contributed by atoms with E-state index in [1.165, 1.54) is 0 Å². The van der Waals surface area contributed by atoms with Crippen LogP contribution in [0.15, 0.2) is 36.4 Å². The van der Waals surface area contributed by atoms with Crippen LogP contribution in [0.2, 0.25) is 0 Å². The standard InChI is InChI=1S/C29H37N3O6/c1-18(2)5-10-28(34)32-12-11-24-23(16-32)31-29(35)20-7-6-19(3)25(13-20)37-17-27(33)30-15-21-8-9-22(38-24)14-26(21)36-4/h6-9,13-14,18,23-24H,5,10-12,15-17H2,1-4H3,(H,30,33)(H,31,35)/t23-,24+/m0/s1. The van der Waals surface area contributed by atoms with Gasteiger partial charge in [0.25, 0.3) is 11.8 Å².